The van der Waals surface area contributed by atoms with Gasteiger partial charge in [0.25, 0.3) is 27.5 Å². The molecule has 4 aromatic rings. The summed E-state index contributed by atoms with van der Waals surface area (Å²) in [5.41, 5.74) is -0.129. The van der Waals surface area contributed by atoms with Crippen LogP contribution in [0.15, 0.2) is 114 Å². The molecule has 0 saturated carbocycles. The highest BCUT2D eigenvalue weighted by molar-refractivity contribution is 14.1. The number of nitrogens with zero attached hydrogens (tertiary/aromatic N) is 1. The van der Waals surface area contributed by atoms with Crippen LogP contribution in [0, 0.1) is 13.7 Å². The van der Waals surface area contributed by atoms with Gasteiger partial charge in [-0.2, -0.15) is 0 Å². The number of hydrogen-bond acceptors (Lipinski definition) is 7. The number of hydrogen-bond donors (Lipinski definition) is 2. The minimum Gasteiger partial charge on any atom is -0.456 e. The first kappa shape index (κ1) is 28.4. The largest absolute Gasteiger partial charge is 0.456 e. The van der Waals surface area contributed by atoms with E-state index in [9.17, 15) is 28.1 Å². The molecule has 0 heterocycles. The number of rotatable bonds is 9. The Bertz CT molecular complexity index is 1710. The molecule has 0 aliphatic heterocycles. The number of nitrogens with one attached hydrogen (secondary N) is 2. The molecule has 0 aliphatic carbocycles. The fourth-order valence-electron chi connectivity index (χ4n) is 3.40. The Kier molecular flexibility index (Phi) is 8.91. The van der Waals surface area contributed by atoms with Crippen molar-refractivity contribution in [1.82, 2.24) is 10.0 Å². The minimum absolute atomic E-state index is 0.240. The smallest absolute Gasteiger partial charge is 0.281 e. The zero-order valence-corrected chi connectivity index (χ0v) is 23.5. The van der Waals surface area contributed by atoms with E-state index in [0.29, 0.717) is 17.1 Å². The number of nitro groups is 1. The number of amides is 2. The molecule has 202 valence electrons. The lowest BCUT2D eigenvalue weighted by molar-refractivity contribution is -0.385. The van der Waals surface area contributed by atoms with E-state index in [4.69, 9.17) is 4.74 Å². The van der Waals surface area contributed by atoms with Gasteiger partial charge in [-0.15, -0.1) is 0 Å². The number of carbonyl (C=O) groups excluding carboxylic acids is 2. The maximum atomic E-state index is 13.1. The van der Waals surface area contributed by atoms with Crippen molar-refractivity contribution in [2.24, 2.45) is 0 Å². The predicted molar refractivity (Wildman–Crippen MR) is 156 cm³/mol. The molecule has 0 fully saturated rings. The summed E-state index contributed by atoms with van der Waals surface area (Å²) < 4.78 is 34.4. The molecule has 0 bridgehead atoms. The summed E-state index contributed by atoms with van der Waals surface area (Å²) in [4.78, 5) is 35.8. The van der Waals surface area contributed by atoms with Gasteiger partial charge in [-0.25, -0.2) is 13.1 Å². The molecule has 0 aromatic heterocycles. The number of halogens is 1. The second kappa shape index (κ2) is 12.5. The Balaban J connectivity index is 1.62. The Morgan fingerprint density at radius 2 is 1.55 bits per heavy atom. The molecule has 2 N–H and O–H groups in total. The first-order valence-electron chi connectivity index (χ1n) is 11.5. The quantitative estimate of drug-likeness (QED) is 0.107. The van der Waals surface area contributed by atoms with Crippen molar-refractivity contribution in [2.45, 2.75) is 4.90 Å². The average molecular weight is 669 g/mol. The summed E-state index contributed by atoms with van der Waals surface area (Å²) in [6.45, 7) is 0. The topological polar surface area (TPSA) is 145 Å². The lowest BCUT2D eigenvalue weighted by atomic mass is 10.1. The van der Waals surface area contributed by atoms with E-state index in [2.05, 4.69) is 27.9 Å². The van der Waals surface area contributed by atoms with Gasteiger partial charge in [0.15, 0.2) is 0 Å². The van der Waals surface area contributed by atoms with Gasteiger partial charge in [-0.1, -0.05) is 48.5 Å². The van der Waals surface area contributed by atoms with Crippen LogP contribution in [0.5, 0.6) is 11.5 Å². The molecule has 0 aliphatic rings. The van der Waals surface area contributed by atoms with E-state index in [1.807, 2.05) is 29.0 Å². The van der Waals surface area contributed by atoms with Crippen molar-refractivity contribution in [3.63, 3.8) is 0 Å². The first-order chi connectivity index (χ1) is 19.1. The van der Waals surface area contributed by atoms with Gasteiger partial charge < -0.3 is 10.1 Å². The third-order valence-corrected chi connectivity index (χ3v) is 7.57. The second-order valence-corrected chi connectivity index (χ2v) is 11.0. The van der Waals surface area contributed by atoms with Crippen LogP contribution in [0.1, 0.15) is 15.9 Å². The van der Waals surface area contributed by atoms with Gasteiger partial charge in [0.05, 0.1) is 13.4 Å². The Morgan fingerprint density at radius 3 is 2.23 bits per heavy atom. The highest BCUT2D eigenvalue weighted by Crippen LogP contribution is 2.27. The normalized spacial score (nSPS) is 11.4. The summed E-state index contributed by atoms with van der Waals surface area (Å²) in [5, 5.41) is 13.5. The molecule has 40 heavy (non-hydrogen) atoms. The number of benzene rings is 4. The van der Waals surface area contributed by atoms with Crippen LogP contribution in [0.2, 0.25) is 0 Å². The van der Waals surface area contributed by atoms with E-state index in [-0.39, 0.29) is 11.3 Å². The van der Waals surface area contributed by atoms with Crippen molar-refractivity contribution >= 4 is 56.2 Å². The maximum absolute atomic E-state index is 13.1. The average Bonchev–Trinajstić information content (AvgIpc) is 2.95. The molecule has 0 radical (unpaired) electrons. The Labute approximate surface area is 243 Å². The van der Waals surface area contributed by atoms with Crippen LogP contribution in [-0.2, 0) is 14.8 Å². The maximum Gasteiger partial charge on any atom is 0.281 e. The van der Waals surface area contributed by atoms with Crippen LogP contribution in [0.3, 0.4) is 0 Å². The molecular weight excluding hydrogens is 649 g/mol. The molecule has 12 heteroatoms. The van der Waals surface area contributed by atoms with Crippen molar-refractivity contribution in [1.29, 1.82) is 0 Å². The lowest BCUT2D eigenvalue weighted by Gasteiger charge is -2.12. The van der Waals surface area contributed by atoms with E-state index in [1.54, 1.807) is 42.5 Å². The summed E-state index contributed by atoms with van der Waals surface area (Å²) in [6, 6.07) is 26.3. The fraction of sp³-hybridized carbons (Fsp3) is 0. The van der Waals surface area contributed by atoms with Crippen LogP contribution in [0.4, 0.5) is 5.69 Å². The van der Waals surface area contributed by atoms with Crippen molar-refractivity contribution in [3.05, 3.63) is 134 Å². The zero-order valence-electron chi connectivity index (χ0n) is 20.5. The van der Waals surface area contributed by atoms with Crippen LogP contribution in [0.25, 0.3) is 6.08 Å². The van der Waals surface area contributed by atoms with E-state index in [1.165, 1.54) is 24.3 Å². The first-order valence-corrected chi connectivity index (χ1v) is 14.1. The van der Waals surface area contributed by atoms with Crippen molar-refractivity contribution in [2.75, 3.05) is 0 Å². The van der Waals surface area contributed by atoms with Crippen LogP contribution >= 0.6 is 22.6 Å². The predicted octanol–water partition coefficient (Wildman–Crippen LogP) is 5.27. The summed E-state index contributed by atoms with van der Waals surface area (Å²) in [6.07, 6.45) is 1.30. The van der Waals surface area contributed by atoms with Gasteiger partial charge in [0.2, 0.25) is 0 Å². The standard InChI is InChI=1S/C28H20IN3O7S/c29-24-11-4-5-12-26(24)39-22-15-13-19(14-16-22)17-25(30-27(33)20-7-2-1-3-8-20)28(34)31-40(37,38)23-10-6-9-21(18-23)32(35)36/h1-18H,(H,30,33)(H,31,34). The second-order valence-electron chi connectivity index (χ2n) is 8.17. The highest BCUT2D eigenvalue weighted by atomic mass is 127. The monoisotopic (exact) mass is 669 g/mol. The fourth-order valence-corrected chi connectivity index (χ4v) is 4.90. The van der Waals surface area contributed by atoms with Gasteiger partial charge >= 0.3 is 0 Å². The Hall–Kier alpha value is -4.56. The van der Waals surface area contributed by atoms with Crippen LogP contribution < -0.4 is 14.8 Å². The molecule has 10 nitrogen and oxygen atoms in total. The number of sulfonamides is 1. The SMILES string of the molecule is O=C(NS(=O)(=O)c1cccc([N+](=O)[O-])c1)C(=Cc1ccc(Oc2ccccc2I)cc1)NC(=O)c1ccccc1. The molecule has 2 amide bonds. The number of non-ortho nitro benzene ring substituents is 1. The summed E-state index contributed by atoms with van der Waals surface area (Å²) >= 11 is 2.15. The molecule has 4 rings (SSSR count). The van der Waals surface area contributed by atoms with E-state index in [0.717, 1.165) is 21.8 Å². The lowest BCUT2D eigenvalue weighted by Crippen LogP contribution is -2.38. The van der Waals surface area contributed by atoms with Crippen molar-refractivity contribution in [3.8, 4) is 11.5 Å². The molecule has 0 atom stereocenters. The molecule has 0 saturated heterocycles. The number of nitro benzene ring substituents is 1. The summed E-state index contributed by atoms with van der Waals surface area (Å²) in [7, 11) is -4.52. The number of ether oxygens (including phenoxy) is 1. The van der Waals surface area contributed by atoms with E-state index < -0.39 is 37.3 Å². The Morgan fingerprint density at radius 1 is 0.875 bits per heavy atom. The van der Waals surface area contributed by atoms with Gasteiger partial charge in [-0.3, -0.25) is 19.7 Å². The number of para-hydroxylation sites is 1. The molecular formula is C28H20IN3O7S. The van der Waals surface area contributed by atoms with Gasteiger partial charge in [0.1, 0.15) is 17.2 Å². The van der Waals surface area contributed by atoms with Crippen molar-refractivity contribution < 1.29 is 27.7 Å². The highest BCUT2D eigenvalue weighted by Gasteiger charge is 2.24. The third kappa shape index (κ3) is 7.30. The molecule has 4 aromatic carbocycles. The van der Waals surface area contributed by atoms with E-state index >= 15 is 0 Å². The van der Waals surface area contributed by atoms with Crippen LogP contribution in [-0.4, -0.2) is 25.2 Å². The summed E-state index contributed by atoms with van der Waals surface area (Å²) in [5.74, 6) is -0.606. The third-order valence-electron chi connectivity index (χ3n) is 5.35. The number of carbonyl (C=O) groups is 2. The van der Waals surface area contributed by atoms with Gasteiger partial charge in [-0.05, 0) is 76.7 Å². The zero-order chi connectivity index (χ0) is 28.7. The minimum atomic E-state index is -4.52. The van der Waals surface area contributed by atoms with Gasteiger partial charge in [0, 0.05) is 17.7 Å². The molecule has 0 unspecified atom stereocenters. The molecule has 0 spiro atoms.